The van der Waals surface area contributed by atoms with Crippen molar-refractivity contribution in [1.82, 2.24) is 0 Å². The first-order valence-electron chi connectivity index (χ1n) is 4.61. The number of aliphatic hydroxyl groups excluding tert-OH is 1. The molecule has 84 valence electrons. The van der Waals surface area contributed by atoms with Gasteiger partial charge in [-0.05, 0) is 13.0 Å². The first-order chi connectivity index (χ1) is 7.02. The normalized spacial score (nSPS) is 14.9. The first-order valence-corrected chi connectivity index (χ1v) is 5.66. The topological polar surface area (TPSA) is 70.7 Å². The lowest BCUT2D eigenvalue weighted by atomic mass is 10.3. The summed E-state index contributed by atoms with van der Waals surface area (Å²) in [6, 6.07) is 1.44. The summed E-state index contributed by atoms with van der Waals surface area (Å²) in [5.74, 6) is -0.0789. The Morgan fingerprint density at radius 3 is 2.80 bits per heavy atom. The third-order valence-corrected chi connectivity index (χ3v) is 3.48. The smallest absolute Gasteiger partial charge is 0.339 e. The highest BCUT2D eigenvalue weighted by Crippen LogP contribution is 2.23. The monoisotopic (exact) mass is 230 g/mol. The largest absolute Gasteiger partial charge is 0.478 e. The van der Waals surface area contributed by atoms with Gasteiger partial charge in [-0.15, -0.1) is 11.8 Å². The molecule has 0 aliphatic carbocycles. The van der Waals surface area contributed by atoms with Crippen LogP contribution in [0.25, 0.3) is 0 Å². The van der Waals surface area contributed by atoms with E-state index in [2.05, 4.69) is 0 Å². The predicted octanol–water partition coefficient (Wildman–Crippen LogP) is 1.98. The molecular weight excluding hydrogens is 216 g/mol. The Morgan fingerprint density at radius 2 is 2.27 bits per heavy atom. The summed E-state index contributed by atoms with van der Waals surface area (Å²) in [7, 11) is 0. The van der Waals surface area contributed by atoms with Crippen LogP contribution in [0.1, 0.15) is 30.0 Å². The number of carbonyl (C=O) groups is 1. The second-order valence-corrected chi connectivity index (χ2v) is 4.68. The van der Waals surface area contributed by atoms with Crippen LogP contribution in [-0.2, 0) is 5.75 Å². The number of furan rings is 1. The van der Waals surface area contributed by atoms with Crippen molar-refractivity contribution in [3.05, 3.63) is 23.7 Å². The molecule has 1 rings (SSSR count). The average Bonchev–Trinajstić information content (AvgIpc) is 2.61. The maximum atomic E-state index is 10.7. The lowest BCUT2D eigenvalue weighted by Gasteiger charge is -2.12. The fourth-order valence-electron chi connectivity index (χ4n) is 0.989. The fourth-order valence-corrected chi connectivity index (χ4v) is 1.91. The molecule has 0 saturated heterocycles. The van der Waals surface area contributed by atoms with Crippen molar-refractivity contribution in [1.29, 1.82) is 0 Å². The van der Waals surface area contributed by atoms with Crippen molar-refractivity contribution in [2.24, 2.45) is 0 Å². The third-order valence-electron chi connectivity index (χ3n) is 2.13. The first kappa shape index (κ1) is 12.1. The van der Waals surface area contributed by atoms with Gasteiger partial charge < -0.3 is 14.6 Å². The van der Waals surface area contributed by atoms with Crippen LogP contribution in [0.5, 0.6) is 0 Å². The van der Waals surface area contributed by atoms with Gasteiger partial charge in [0.15, 0.2) is 0 Å². The minimum atomic E-state index is -0.982. The Bertz CT molecular complexity index is 332. The molecule has 2 atom stereocenters. The van der Waals surface area contributed by atoms with Crippen molar-refractivity contribution < 1.29 is 19.4 Å². The van der Waals surface area contributed by atoms with E-state index < -0.39 is 12.1 Å². The molecule has 5 heteroatoms. The number of carboxylic acid groups (broad SMARTS) is 1. The van der Waals surface area contributed by atoms with Crippen molar-refractivity contribution >= 4 is 17.7 Å². The molecule has 4 nitrogen and oxygen atoms in total. The van der Waals surface area contributed by atoms with Gasteiger partial charge in [-0.3, -0.25) is 0 Å². The van der Waals surface area contributed by atoms with Crippen LogP contribution in [0.3, 0.4) is 0 Å². The summed E-state index contributed by atoms with van der Waals surface area (Å²) in [6.07, 6.45) is 0.949. The average molecular weight is 230 g/mol. The van der Waals surface area contributed by atoms with E-state index in [1.807, 2.05) is 6.92 Å². The Morgan fingerprint density at radius 1 is 1.60 bits per heavy atom. The number of carboxylic acids is 1. The molecule has 2 N–H and O–H groups in total. The van der Waals surface area contributed by atoms with Crippen LogP contribution in [-0.4, -0.2) is 27.5 Å². The molecule has 1 heterocycles. The van der Waals surface area contributed by atoms with Gasteiger partial charge >= 0.3 is 5.97 Å². The zero-order chi connectivity index (χ0) is 11.4. The highest BCUT2D eigenvalue weighted by Gasteiger charge is 2.16. The van der Waals surface area contributed by atoms with Crippen molar-refractivity contribution in [2.75, 3.05) is 0 Å². The van der Waals surface area contributed by atoms with Gasteiger partial charge in [-0.2, -0.15) is 0 Å². The van der Waals surface area contributed by atoms with E-state index in [-0.39, 0.29) is 10.8 Å². The SMILES string of the molecule is CC(O)C(C)SCc1occc1C(=O)O. The summed E-state index contributed by atoms with van der Waals surface area (Å²) in [5, 5.41) is 18.1. The van der Waals surface area contributed by atoms with Crippen molar-refractivity contribution in [2.45, 2.75) is 31.0 Å². The summed E-state index contributed by atoms with van der Waals surface area (Å²) in [4.78, 5) is 10.7. The molecule has 1 aromatic heterocycles. The molecule has 2 unspecified atom stereocenters. The van der Waals surface area contributed by atoms with E-state index in [1.54, 1.807) is 6.92 Å². The lowest BCUT2D eigenvalue weighted by Crippen LogP contribution is -2.15. The zero-order valence-electron chi connectivity index (χ0n) is 8.64. The lowest BCUT2D eigenvalue weighted by molar-refractivity contribution is 0.0695. The molecule has 0 fully saturated rings. The minimum Gasteiger partial charge on any atom is -0.478 e. The molecule has 0 aliphatic heterocycles. The molecule has 0 saturated carbocycles. The number of aromatic carboxylic acids is 1. The van der Waals surface area contributed by atoms with E-state index in [9.17, 15) is 9.90 Å². The third kappa shape index (κ3) is 3.28. The molecule has 0 aliphatic rings. The van der Waals surface area contributed by atoms with E-state index in [0.29, 0.717) is 11.5 Å². The molecule has 0 radical (unpaired) electrons. The van der Waals surface area contributed by atoms with Crippen LogP contribution in [0, 0.1) is 0 Å². The Kier molecular flexibility index (Phi) is 4.23. The summed E-state index contributed by atoms with van der Waals surface area (Å²) >= 11 is 1.47. The Balaban J connectivity index is 2.58. The van der Waals surface area contributed by atoms with Crippen molar-refractivity contribution in [3.8, 4) is 0 Å². The van der Waals surface area contributed by atoms with Crippen LogP contribution >= 0.6 is 11.8 Å². The van der Waals surface area contributed by atoms with Gasteiger partial charge in [0.1, 0.15) is 11.3 Å². The summed E-state index contributed by atoms with van der Waals surface area (Å²) in [5.41, 5.74) is 0.195. The second-order valence-electron chi connectivity index (χ2n) is 3.32. The number of thioether (sulfide) groups is 1. The quantitative estimate of drug-likeness (QED) is 0.809. The van der Waals surface area contributed by atoms with Crippen LogP contribution < -0.4 is 0 Å². The molecule has 0 spiro atoms. The van der Waals surface area contributed by atoms with Crippen LogP contribution in [0.15, 0.2) is 16.7 Å². The zero-order valence-corrected chi connectivity index (χ0v) is 9.45. The number of hydrogen-bond donors (Lipinski definition) is 2. The molecular formula is C10H14O4S. The van der Waals surface area contributed by atoms with Gasteiger partial charge in [-0.1, -0.05) is 6.92 Å². The maximum Gasteiger partial charge on any atom is 0.339 e. The minimum absolute atomic E-state index is 0.0525. The fraction of sp³-hybridized carbons (Fsp3) is 0.500. The standard InChI is InChI=1S/C10H14O4S/c1-6(11)7(2)15-5-9-8(10(12)13)3-4-14-9/h3-4,6-7,11H,5H2,1-2H3,(H,12,13). The number of rotatable bonds is 5. The van der Waals surface area contributed by atoms with Crippen LogP contribution in [0.4, 0.5) is 0 Å². The van der Waals surface area contributed by atoms with Gasteiger partial charge in [0, 0.05) is 5.25 Å². The molecule has 15 heavy (non-hydrogen) atoms. The summed E-state index contributed by atoms with van der Waals surface area (Å²) < 4.78 is 5.07. The van der Waals surface area contributed by atoms with E-state index >= 15 is 0 Å². The highest BCUT2D eigenvalue weighted by molar-refractivity contribution is 7.99. The van der Waals surface area contributed by atoms with Gasteiger partial charge in [0.2, 0.25) is 0 Å². The number of aliphatic hydroxyl groups is 1. The molecule has 0 aromatic carbocycles. The molecule has 0 bridgehead atoms. The van der Waals surface area contributed by atoms with E-state index in [4.69, 9.17) is 9.52 Å². The number of hydrogen-bond acceptors (Lipinski definition) is 4. The Labute approximate surface area is 92.3 Å². The molecule has 1 aromatic rings. The molecule has 0 amide bonds. The second kappa shape index (κ2) is 5.23. The van der Waals surface area contributed by atoms with Gasteiger partial charge in [0.25, 0.3) is 0 Å². The van der Waals surface area contributed by atoms with Crippen molar-refractivity contribution in [3.63, 3.8) is 0 Å². The van der Waals surface area contributed by atoms with Gasteiger partial charge in [0.05, 0.1) is 18.1 Å². The Hall–Kier alpha value is -0.940. The van der Waals surface area contributed by atoms with Crippen LogP contribution in [0.2, 0.25) is 0 Å². The highest BCUT2D eigenvalue weighted by atomic mass is 32.2. The van der Waals surface area contributed by atoms with E-state index in [0.717, 1.165) is 0 Å². The maximum absolute atomic E-state index is 10.7. The predicted molar refractivity (Wildman–Crippen MR) is 58.1 cm³/mol. The van der Waals surface area contributed by atoms with E-state index in [1.165, 1.54) is 24.1 Å². The van der Waals surface area contributed by atoms with Gasteiger partial charge in [-0.25, -0.2) is 4.79 Å². The summed E-state index contributed by atoms with van der Waals surface area (Å²) in [6.45, 7) is 3.59.